The van der Waals surface area contributed by atoms with Gasteiger partial charge in [0.15, 0.2) is 0 Å². The van der Waals surface area contributed by atoms with Crippen LogP contribution in [0.3, 0.4) is 0 Å². The molecule has 27 heavy (non-hydrogen) atoms. The molecule has 0 aliphatic heterocycles. The zero-order chi connectivity index (χ0) is 20.2. The van der Waals surface area contributed by atoms with Crippen molar-refractivity contribution in [3.05, 3.63) is 90.0 Å². The van der Waals surface area contributed by atoms with Crippen molar-refractivity contribution in [3.8, 4) is 0 Å². The Morgan fingerprint density at radius 3 is 1.19 bits per heavy atom. The van der Waals surface area contributed by atoms with Crippen molar-refractivity contribution in [1.29, 1.82) is 0 Å². The zero-order valence-corrected chi connectivity index (χ0v) is 17.7. The SMILES string of the molecule is Nc1ccc(C(=O)[O-])cc1.Nc1ccc(C(=O)[O-])cc1.[Bi+2][c]1ccccc1. The van der Waals surface area contributed by atoms with Crippen LogP contribution in [0.4, 0.5) is 11.4 Å². The van der Waals surface area contributed by atoms with Crippen molar-refractivity contribution < 1.29 is 19.8 Å². The number of rotatable bonds is 2. The minimum absolute atomic E-state index is 0.147. The van der Waals surface area contributed by atoms with Gasteiger partial charge in [0.25, 0.3) is 0 Å². The maximum atomic E-state index is 10.2. The summed E-state index contributed by atoms with van der Waals surface area (Å²) in [5.74, 6) is -2.36. The third-order valence-corrected chi connectivity index (χ3v) is 4.21. The molecule has 0 atom stereocenters. The average molecular weight is 558 g/mol. The Bertz CT molecular complexity index is 796. The van der Waals surface area contributed by atoms with Crippen LogP contribution in [-0.2, 0) is 0 Å². The molecule has 136 valence electrons. The number of hydrogen-bond acceptors (Lipinski definition) is 6. The second-order valence-corrected chi connectivity index (χ2v) is 7.16. The number of aromatic carboxylic acids is 2. The first kappa shape index (κ1) is 22.1. The van der Waals surface area contributed by atoms with E-state index >= 15 is 0 Å². The van der Waals surface area contributed by atoms with E-state index in [0.717, 1.165) is 0 Å². The summed E-state index contributed by atoms with van der Waals surface area (Å²) in [5, 5.41) is 20.3. The molecule has 0 fully saturated rings. The van der Waals surface area contributed by atoms with Gasteiger partial charge in [-0.1, -0.05) is 24.3 Å². The van der Waals surface area contributed by atoms with Gasteiger partial charge in [0, 0.05) is 11.4 Å². The summed E-state index contributed by atoms with van der Waals surface area (Å²) < 4.78 is 1.43. The average Bonchev–Trinajstić information content (AvgIpc) is 2.64. The molecule has 0 saturated carbocycles. The number of hydrogen-bond donors (Lipinski definition) is 2. The Labute approximate surface area is 172 Å². The van der Waals surface area contributed by atoms with Crippen LogP contribution >= 0.6 is 0 Å². The fourth-order valence-corrected chi connectivity index (χ4v) is 2.34. The van der Waals surface area contributed by atoms with Crippen LogP contribution in [0.1, 0.15) is 20.7 Å². The number of carbonyl (C=O) groups is 2. The van der Waals surface area contributed by atoms with Crippen LogP contribution in [-0.4, -0.2) is 36.7 Å². The molecule has 3 aromatic carbocycles. The van der Waals surface area contributed by atoms with E-state index in [4.69, 9.17) is 11.5 Å². The van der Waals surface area contributed by atoms with Gasteiger partial charge in [-0.25, -0.2) is 0 Å². The Morgan fingerprint density at radius 1 is 0.630 bits per heavy atom. The molecule has 0 saturated heterocycles. The topological polar surface area (TPSA) is 132 Å². The van der Waals surface area contributed by atoms with Crippen LogP contribution in [0.5, 0.6) is 0 Å². The van der Waals surface area contributed by atoms with Gasteiger partial charge in [0.1, 0.15) is 0 Å². The third kappa shape index (κ3) is 9.37. The second kappa shape index (κ2) is 11.7. The van der Waals surface area contributed by atoms with Crippen LogP contribution in [0.25, 0.3) is 0 Å². The van der Waals surface area contributed by atoms with Crippen molar-refractivity contribution in [2.24, 2.45) is 0 Å². The normalized spacial score (nSPS) is 9.04. The van der Waals surface area contributed by atoms with E-state index in [1.807, 2.05) is 6.07 Å². The van der Waals surface area contributed by atoms with Gasteiger partial charge in [-0.2, -0.15) is 0 Å². The molecule has 0 heterocycles. The summed E-state index contributed by atoms with van der Waals surface area (Å²) in [5.41, 5.74) is 12.0. The first-order valence-corrected chi connectivity index (χ1v) is 9.41. The molecule has 0 amide bonds. The van der Waals surface area contributed by atoms with E-state index in [-0.39, 0.29) is 11.1 Å². The molecule has 3 rings (SSSR count). The predicted octanol–water partition coefficient (Wildman–Crippen LogP) is -0.255. The molecule has 0 spiro atoms. The Kier molecular flexibility index (Phi) is 9.55. The van der Waals surface area contributed by atoms with Crippen LogP contribution in [0.2, 0.25) is 0 Å². The molecule has 0 aliphatic carbocycles. The van der Waals surface area contributed by atoms with Crippen molar-refractivity contribution in [2.45, 2.75) is 0 Å². The first-order valence-electron chi connectivity index (χ1n) is 7.67. The number of carbonyl (C=O) groups excluding carboxylic acids is 2. The van der Waals surface area contributed by atoms with Gasteiger partial charge in [-0.05, 0) is 35.4 Å². The number of carboxylic acids is 2. The van der Waals surface area contributed by atoms with Gasteiger partial charge in [0.2, 0.25) is 0 Å². The van der Waals surface area contributed by atoms with Gasteiger partial charge >= 0.3 is 58.3 Å². The molecule has 0 aliphatic rings. The van der Waals surface area contributed by atoms with Crippen molar-refractivity contribution >= 4 is 51.3 Å². The van der Waals surface area contributed by atoms with Gasteiger partial charge in [0.05, 0.1) is 11.9 Å². The van der Waals surface area contributed by atoms with E-state index in [2.05, 4.69) is 24.3 Å². The molecule has 0 unspecified atom stereocenters. The standard InChI is InChI=1S/2C7H7NO2.C6H5.Bi/c2*8-6-3-1-5(2-4-6)7(9)10;1-2-4-6-5-3-1;/h2*1-4H,8H2,(H,9,10);1-5H;/q;;;+2/p-2. The fourth-order valence-electron chi connectivity index (χ4n) is 1.67. The predicted molar refractivity (Wildman–Crippen MR) is 102 cm³/mol. The second-order valence-electron chi connectivity index (χ2n) is 5.15. The fraction of sp³-hybridized carbons (Fsp3) is 0. The summed E-state index contributed by atoms with van der Waals surface area (Å²) >= 11 is 1.36. The summed E-state index contributed by atoms with van der Waals surface area (Å²) in [6, 6.07) is 22.1. The van der Waals surface area contributed by atoms with Crippen molar-refractivity contribution in [2.75, 3.05) is 11.5 Å². The number of benzene rings is 3. The molecular weight excluding hydrogens is 541 g/mol. The Morgan fingerprint density at radius 2 is 0.963 bits per heavy atom. The molecule has 6 nitrogen and oxygen atoms in total. The molecule has 0 aromatic heterocycles. The van der Waals surface area contributed by atoms with Crippen LogP contribution in [0.15, 0.2) is 78.9 Å². The summed E-state index contributed by atoms with van der Waals surface area (Å²) in [6.45, 7) is 0. The van der Waals surface area contributed by atoms with Crippen LogP contribution < -0.4 is 25.0 Å². The van der Waals surface area contributed by atoms with Crippen molar-refractivity contribution in [1.82, 2.24) is 0 Å². The van der Waals surface area contributed by atoms with Gasteiger partial charge < -0.3 is 31.3 Å². The first-order chi connectivity index (χ1) is 12.8. The third-order valence-electron chi connectivity index (χ3n) is 3.05. The van der Waals surface area contributed by atoms with E-state index < -0.39 is 11.9 Å². The minimum atomic E-state index is -1.18. The quantitative estimate of drug-likeness (QED) is 0.329. The Balaban J connectivity index is 0.000000206. The zero-order valence-electron chi connectivity index (χ0n) is 14.2. The number of anilines is 2. The molecular formula is C20H17BiN2O4. The Hall–Kier alpha value is -2.92. The summed E-state index contributed by atoms with van der Waals surface area (Å²) in [4.78, 5) is 20.3. The summed E-state index contributed by atoms with van der Waals surface area (Å²) in [7, 11) is 0. The monoisotopic (exact) mass is 558 g/mol. The van der Waals surface area contributed by atoms with E-state index in [1.54, 1.807) is 0 Å². The molecule has 4 N–H and O–H groups in total. The molecule has 2 radical (unpaired) electrons. The van der Waals surface area contributed by atoms with E-state index in [0.29, 0.717) is 11.4 Å². The maximum absolute atomic E-state index is 10.2. The van der Waals surface area contributed by atoms with Crippen LogP contribution in [0, 0.1) is 0 Å². The van der Waals surface area contributed by atoms with E-state index in [9.17, 15) is 19.8 Å². The van der Waals surface area contributed by atoms with Gasteiger partial charge in [-0.15, -0.1) is 0 Å². The molecule has 0 bridgehead atoms. The molecule has 7 heteroatoms. The molecule has 3 aromatic rings. The van der Waals surface area contributed by atoms with E-state index in [1.165, 1.54) is 76.5 Å². The number of carboxylic acid groups (broad SMARTS) is 2. The number of nitrogens with two attached hydrogens (primary N) is 2. The van der Waals surface area contributed by atoms with Crippen molar-refractivity contribution in [3.63, 3.8) is 0 Å². The van der Waals surface area contributed by atoms with Gasteiger partial charge in [-0.3, -0.25) is 0 Å². The summed E-state index contributed by atoms with van der Waals surface area (Å²) in [6.07, 6.45) is 0. The number of nitrogen functional groups attached to an aromatic ring is 2.